The van der Waals surface area contributed by atoms with E-state index >= 15 is 0 Å². The Morgan fingerprint density at radius 2 is 1.71 bits per heavy atom. The maximum absolute atomic E-state index is 13.7. The van der Waals surface area contributed by atoms with Gasteiger partial charge in [-0.1, -0.05) is 49.7 Å². The highest BCUT2D eigenvalue weighted by atomic mass is 35.5. The molecular formula is C26H33ClF3N3O4S. The van der Waals surface area contributed by atoms with Crippen molar-refractivity contribution < 1.29 is 31.2 Å². The molecule has 2 amide bonds. The topological polar surface area (TPSA) is 86.8 Å². The summed E-state index contributed by atoms with van der Waals surface area (Å²) in [5.74, 6) is -1.18. The predicted octanol–water partition coefficient (Wildman–Crippen LogP) is 5.16. The van der Waals surface area contributed by atoms with Crippen molar-refractivity contribution in [1.82, 2.24) is 10.2 Å². The molecule has 0 unspecified atom stereocenters. The average molecular weight is 576 g/mol. The Bertz CT molecular complexity index is 1250. The number of anilines is 1. The van der Waals surface area contributed by atoms with Crippen LogP contribution in [0.25, 0.3) is 0 Å². The van der Waals surface area contributed by atoms with Gasteiger partial charge in [-0.3, -0.25) is 13.9 Å². The molecule has 38 heavy (non-hydrogen) atoms. The van der Waals surface area contributed by atoms with Crippen molar-refractivity contribution >= 4 is 39.1 Å². The molecule has 0 heterocycles. The van der Waals surface area contributed by atoms with Crippen LogP contribution in [-0.2, 0) is 32.3 Å². The van der Waals surface area contributed by atoms with Crippen LogP contribution in [0.5, 0.6) is 0 Å². The average Bonchev–Trinajstić information content (AvgIpc) is 2.82. The maximum atomic E-state index is 13.7. The fraction of sp³-hybridized carbons (Fsp3) is 0.462. The molecule has 210 valence electrons. The number of halogens is 4. The number of carbonyl (C=O) groups is 2. The van der Waals surface area contributed by atoms with Crippen molar-refractivity contribution in [3.8, 4) is 0 Å². The van der Waals surface area contributed by atoms with Crippen LogP contribution >= 0.6 is 11.6 Å². The molecule has 7 nitrogen and oxygen atoms in total. The monoisotopic (exact) mass is 575 g/mol. The van der Waals surface area contributed by atoms with Crippen molar-refractivity contribution in [3.63, 3.8) is 0 Å². The number of hydrogen-bond acceptors (Lipinski definition) is 4. The molecule has 2 aromatic carbocycles. The third-order valence-corrected chi connectivity index (χ3v) is 7.66. The fourth-order valence-electron chi connectivity index (χ4n) is 3.81. The molecular weight excluding hydrogens is 543 g/mol. The first-order valence-corrected chi connectivity index (χ1v) is 14.3. The van der Waals surface area contributed by atoms with E-state index in [1.165, 1.54) is 4.90 Å². The van der Waals surface area contributed by atoms with E-state index in [1.54, 1.807) is 19.1 Å². The number of hydrogen-bond donors (Lipinski definition) is 1. The number of nitrogens with one attached hydrogen (secondary N) is 1. The highest BCUT2D eigenvalue weighted by Crippen LogP contribution is 2.36. The molecule has 0 fully saturated rings. The number of alkyl halides is 3. The van der Waals surface area contributed by atoms with Gasteiger partial charge in [0.1, 0.15) is 12.6 Å². The lowest BCUT2D eigenvalue weighted by atomic mass is 10.1. The number of amides is 2. The lowest BCUT2D eigenvalue weighted by Gasteiger charge is -2.34. The lowest BCUT2D eigenvalue weighted by Crippen LogP contribution is -2.53. The van der Waals surface area contributed by atoms with Crippen molar-refractivity contribution in [3.05, 3.63) is 64.2 Å². The molecule has 2 rings (SSSR count). The summed E-state index contributed by atoms with van der Waals surface area (Å²) in [6, 6.07) is 8.35. The van der Waals surface area contributed by atoms with Gasteiger partial charge < -0.3 is 10.2 Å². The van der Waals surface area contributed by atoms with Gasteiger partial charge >= 0.3 is 6.18 Å². The van der Waals surface area contributed by atoms with Crippen molar-refractivity contribution in [2.24, 2.45) is 0 Å². The zero-order valence-corrected chi connectivity index (χ0v) is 23.5. The number of sulfonamides is 1. The molecule has 0 saturated carbocycles. The smallest absolute Gasteiger partial charge is 0.352 e. The zero-order chi connectivity index (χ0) is 28.8. The highest BCUT2D eigenvalue weighted by molar-refractivity contribution is 7.92. The minimum atomic E-state index is -4.76. The molecule has 0 radical (unpaired) electrons. The summed E-state index contributed by atoms with van der Waals surface area (Å²) in [5, 5.41) is 2.58. The van der Waals surface area contributed by atoms with Crippen LogP contribution in [0.3, 0.4) is 0 Å². The summed E-state index contributed by atoms with van der Waals surface area (Å²) in [4.78, 5) is 28.1. The summed E-state index contributed by atoms with van der Waals surface area (Å²) >= 11 is 6.11. The van der Waals surface area contributed by atoms with Gasteiger partial charge in [0.25, 0.3) is 0 Å². The van der Waals surface area contributed by atoms with Gasteiger partial charge in [0, 0.05) is 12.6 Å². The molecule has 0 aliphatic rings. The second-order valence-electron chi connectivity index (χ2n) is 9.12. The molecule has 0 aliphatic heterocycles. The zero-order valence-electron chi connectivity index (χ0n) is 22.0. The second-order valence-corrected chi connectivity index (χ2v) is 11.4. The van der Waals surface area contributed by atoms with Crippen LogP contribution in [0.2, 0.25) is 5.02 Å². The lowest BCUT2D eigenvalue weighted by molar-refractivity contribution is -0.140. The Kier molecular flexibility index (Phi) is 10.6. The third kappa shape index (κ3) is 8.10. The summed E-state index contributed by atoms with van der Waals surface area (Å²) < 4.78 is 66.1. The first-order valence-electron chi connectivity index (χ1n) is 12.1. The van der Waals surface area contributed by atoms with Crippen molar-refractivity contribution in [2.45, 2.75) is 65.3 Å². The van der Waals surface area contributed by atoms with Gasteiger partial charge in [-0.25, -0.2) is 8.42 Å². The molecule has 0 bridgehead atoms. The molecule has 12 heteroatoms. The Balaban J connectivity index is 2.56. The van der Waals surface area contributed by atoms with Crippen LogP contribution < -0.4 is 9.62 Å². The Morgan fingerprint density at radius 3 is 2.24 bits per heavy atom. The molecule has 0 aliphatic carbocycles. The van der Waals surface area contributed by atoms with Gasteiger partial charge in [0.2, 0.25) is 21.8 Å². The number of aryl methyl sites for hydroxylation is 1. The minimum Gasteiger partial charge on any atom is -0.352 e. The highest BCUT2D eigenvalue weighted by Gasteiger charge is 2.35. The molecule has 0 aromatic heterocycles. The normalized spacial score (nSPS) is 13.5. The Morgan fingerprint density at radius 1 is 1.08 bits per heavy atom. The maximum Gasteiger partial charge on any atom is 0.416 e. The van der Waals surface area contributed by atoms with Crippen molar-refractivity contribution in [2.75, 3.05) is 17.1 Å². The Labute approximate surface area is 227 Å². The second kappa shape index (κ2) is 12.8. The number of benzene rings is 2. The quantitative estimate of drug-likeness (QED) is 0.401. The summed E-state index contributed by atoms with van der Waals surface area (Å²) in [7, 11) is -4.25. The van der Waals surface area contributed by atoms with E-state index in [9.17, 15) is 31.2 Å². The minimum absolute atomic E-state index is 0.00807. The number of carbonyl (C=O) groups excluding carboxylic acids is 2. The van der Waals surface area contributed by atoms with E-state index in [1.807, 2.05) is 32.9 Å². The van der Waals surface area contributed by atoms with E-state index in [0.717, 1.165) is 29.5 Å². The Hall–Kier alpha value is -2.79. The van der Waals surface area contributed by atoms with Crippen LogP contribution in [0, 0.1) is 6.92 Å². The number of nitrogens with zero attached hydrogens (tertiary/aromatic N) is 2. The summed E-state index contributed by atoms with van der Waals surface area (Å²) in [6.45, 7) is 6.41. The van der Waals surface area contributed by atoms with E-state index in [2.05, 4.69) is 5.32 Å². The summed E-state index contributed by atoms with van der Waals surface area (Å²) in [6.07, 6.45) is -3.10. The van der Waals surface area contributed by atoms with Crippen LogP contribution in [-0.4, -0.2) is 50.0 Å². The van der Waals surface area contributed by atoms with Crippen LogP contribution in [0.15, 0.2) is 42.5 Å². The van der Waals surface area contributed by atoms with E-state index in [4.69, 9.17) is 11.6 Å². The largest absolute Gasteiger partial charge is 0.416 e. The standard InChI is InChI=1S/C26H33ClF3N3O4S/c1-6-18(4)31-25(35)22(7-2)32(15-19-11-9-8-10-17(19)3)24(34)16-33(38(5,36)37)23-14-20(26(28,29)30)12-13-21(23)27/h8-14,18,22H,6-7,15-16H2,1-5H3,(H,31,35)/t18-,22-/m0/s1. The van der Waals surface area contributed by atoms with Gasteiger partial charge in [0.15, 0.2) is 0 Å². The first-order chi connectivity index (χ1) is 17.6. The molecule has 2 aromatic rings. The summed E-state index contributed by atoms with van der Waals surface area (Å²) in [5.41, 5.74) is -0.0126. The SMILES string of the molecule is CC[C@H](C)NC(=O)[C@H](CC)N(Cc1ccccc1C)C(=O)CN(c1cc(C(F)(F)F)ccc1Cl)S(C)(=O)=O. The molecule has 1 N–H and O–H groups in total. The van der Waals surface area contributed by atoms with Gasteiger partial charge in [0.05, 0.1) is 22.5 Å². The van der Waals surface area contributed by atoms with Gasteiger partial charge in [-0.2, -0.15) is 13.2 Å². The van der Waals surface area contributed by atoms with E-state index < -0.39 is 51.9 Å². The van der Waals surface area contributed by atoms with E-state index in [-0.39, 0.29) is 24.0 Å². The fourth-order valence-corrected chi connectivity index (χ4v) is 4.93. The van der Waals surface area contributed by atoms with Crippen molar-refractivity contribution in [1.29, 1.82) is 0 Å². The molecule has 2 atom stereocenters. The van der Waals surface area contributed by atoms with Gasteiger partial charge in [-0.05, 0) is 56.0 Å². The predicted molar refractivity (Wildman–Crippen MR) is 142 cm³/mol. The third-order valence-electron chi connectivity index (χ3n) is 6.21. The van der Waals surface area contributed by atoms with Crippen LogP contribution in [0.4, 0.5) is 18.9 Å². The van der Waals surface area contributed by atoms with E-state index in [0.29, 0.717) is 16.8 Å². The van der Waals surface area contributed by atoms with Crippen LogP contribution in [0.1, 0.15) is 50.3 Å². The molecule has 0 saturated heterocycles. The van der Waals surface area contributed by atoms with Gasteiger partial charge in [-0.15, -0.1) is 0 Å². The first kappa shape index (κ1) is 31.4. The molecule has 0 spiro atoms. The number of rotatable bonds is 11.